The molecule has 2 aromatic rings. The monoisotopic (exact) mass is 153 g/mol. The molecule has 0 bridgehead atoms. The Hall–Kier alpha value is -1.85. The molecular formula is C5H3N3O3. The zero-order valence-corrected chi connectivity index (χ0v) is 5.25. The molecule has 6 heteroatoms. The maximum Gasteiger partial charge on any atom is 0.417 e. The van der Waals surface area contributed by atoms with Crippen molar-refractivity contribution in [2.24, 2.45) is 0 Å². The fourth-order valence-electron chi connectivity index (χ4n) is 0.806. The van der Waals surface area contributed by atoms with Crippen molar-refractivity contribution in [3.63, 3.8) is 0 Å². The van der Waals surface area contributed by atoms with Crippen molar-refractivity contribution < 1.29 is 4.42 Å². The first kappa shape index (κ1) is 5.90. The van der Waals surface area contributed by atoms with Gasteiger partial charge in [-0.15, -0.1) is 0 Å². The van der Waals surface area contributed by atoms with Gasteiger partial charge in [0.05, 0.1) is 6.20 Å². The summed E-state index contributed by atoms with van der Waals surface area (Å²) in [6.45, 7) is 0. The van der Waals surface area contributed by atoms with Crippen molar-refractivity contribution in [1.82, 2.24) is 15.2 Å². The van der Waals surface area contributed by atoms with Crippen LogP contribution in [-0.4, -0.2) is 15.2 Å². The Morgan fingerprint density at radius 2 is 2.27 bits per heavy atom. The average molecular weight is 153 g/mol. The van der Waals surface area contributed by atoms with Gasteiger partial charge in [0.15, 0.2) is 0 Å². The smallest absolute Gasteiger partial charge is 0.402 e. The first-order valence-corrected chi connectivity index (χ1v) is 2.84. The zero-order chi connectivity index (χ0) is 7.84. The van der Waals surface area contributed by atoms with E-state index in [4.69, 9.17) is 0 Å². The molecule has 2 rings (SSSR count). The fraction of sp³-hybridized carbons (Fsp3) is 0. The van der Waals surface area contributed by atoms with E-state index in [0.717, 1.165) is 0 Å². The number of nitrogens with zero attached hydrogens (tertiary/aromatic N) is 1. The molecular weight excluding hydrogens is 150 g/mol. The van der Waals surface area contributed by atoms with Crippen molar-refractivity contribution in [1.29, 1.82) is 0 Å². The van der Waals surface area contributed by atoms with Gasteiger partial charge in [-0.25, -0.2) is 9.89 Å². The molecule has 0 aliphatic heterocycles. The largest absolute Gasteiger partial charge is 0.417 e. The summed E-state index contributed by atoms with van der Waals surface area (Å²) in [5.41, 5.74) is -0.232. The van der Waals surface area contributed by atoms with E-state index in [2.05, 4.69) is 19.6 Å². The predicted octanol–water partition coefficient (Wildman–Crippen LogP) is -0.796. The summed E-state index contributed by atoms with van der Waals surface area (Å²) in [4.78, 5) is 23.7. The van der Waals surface area contributed by atoms with Crippen LogP contribution in [0.2, 0.25) is 0 Å². The molecule has 2 aromatic heterocycles. The normalized spacial score (nSPS) is 10.5. The number of hydrogen-bond donors (Lipinski definition) is 2. The number of aromatic nitrogens is 3. The molecule has 0 unspecified atom stereocenters. The summed E-state index contributed by atoms with van der Waals surface area (Å²) >= 11 is 0. The molecule has 0 atom stereocenters. The Kier molecular flexibility index (Phi) is 0.974. The number of aromatic amines is 2. The lowest BCUT2D eigenvalue weighted by Gasteiger charge is -1.80. The molecule has 0 aromatic carbocycles. The van der Waals surface area contributed by atoms with E-state index in [0.29, 0.717) is 5.52 Å². The summed E-state index contributed by atoms with van der Waals surface area (Å²) in [7, 11) is 0. The van der Waals surface area contributed by atoms with Crippen LogP contribution in [0, 0.1) is 0 Å². The van der Waals surface area contributed by atoms with E-state index in [1.165, 1.54) is 6.20 Å². The molecule has 0 aliphatic carbocycles. The average Bonchev–Trinajstić information content (AvgIpc) is 2.31. The van der Waals surface area contributed by atoms with Gasteiger partial charge in [-0.05, 0) is 0 Å². The van der Waals surface area contributed by atoms with Crippen LogP contribution < -0.4 is 11.3 Å². The van der Waals surface area contributed by atoms with E-state index >= 15 is 0 Å². The van der Waals surface area contributed by atoms with Crippen LogP contribution in [0.5, 0.6) is 0 Å². The van der Waals surface area contributed by atoms with Crippen molar-refractivity contribution in [3.05, 3.63) is 27.1 Å². The Labute approximate surface area is 58.9 Å². The third-order valence-electron chi connectivity index (χ3n) is 1.24. The minimum absolute atomic E-state index is 0.0231. The summed E-state index contributed by atoms with van der Waals surface area (Å²) in [5, 5.41) is 5.59. The number of nitrogens with one attached hydrogen (secondary N) is 2. The van der Waals surface area contributed by atoms with Gasteiger partial charge in [0.25, 0.3) is 0 Å². The lowest BCUT2D eigenvalue weighted by Crippen LogP contribution is -2.05. The first-order valence-electron chi connectivity index (χ1n) is 2.84. The Balaban J connectivity index is 3.14. The zero-order valence-electron chi connectivity index (χ0n) is 5.25. The molecule has 0 saturated carbocycles. The second-order valence-corrected chi connectivity index (χ2v) is 1.96. The van der Waals surface area contributed by atoms with Crippen molar-refractivity contribution in [3.8, 4) is 0 Å². The molecule has 0 aliphatic rings. The first-order chi connectivity index (χ1) is 5.27. The SMILES string of the molecule is O=c1[nH]c2cn[nH]c(=O)c2o1. The molecule has 0 spiro atoms. The Morgan fingerprint density at radius 3 is 3.00 bits per heavy atom. The lowest BCUT2D eigenvalue weighted by molar-refractivity contribution is 0.551. The third kappa shape index (κ3) is 0.759. The van der Waals surface area contributed by atoms with Gasteiger partial charge in [0.1, 0.15) is 5.52 Å². The minimum Gasteiger partial charge on any atom is -0.402 e. The second kappa shape index (κ2) is 1.82. The topological polar surface area (TPSA) is 91.8 Å². The van der Waals surface area contributed by atoms with Gasteiger partial charge in [-0.2, -0.15) is 5.10 Å². The quantitative estimate of drug-likeness (QED) is 0.518. The van der Waals surface area contributed by atoms with Gasteiger partial charge >= 0.3 is 11.3 Å². The molecule has 0 radical (unpaired) electrons. The number of hydrogen-bond acceptors (Lipinski definition) is 4. The van der Waals surface area contributed by atoms with Crippen LogP contribution in [-0.2, 0) is 0 Å². The highest BCUT2D eigenvalue weighted by molar-refractivity contribution is 5.68. The predicted molar refractivity (Wildman–Crippen MR) is 35.3 cm³/mol. The highest BCUT2D eigenvalue weighted by Gasteiger charge is 2.03. The summed E-state index contributed by atoms with van der Waals surface area (Å²) in [5.74, 6) is -0.654. The summed E-state index contributed by atoms with van der Waals surface area (Å²) < 4.78 is 4.50. The Bertz CT molecular complexity index is 491. The molecule has 0 amide bonds. The summed E-state index contributed by atoms with van der Waals surface area (Å²) in [6.07, 6.45) is 1.31. The van der Waals surface area contributed by atoms with Gasteiger partial charge in [-0.1, -0.05) is 0 Å². The minimum atomic E-state index is -0.654. The van der Waals surface area contributed by atoms with E-state index in [-0.39, 0.29) is 5.58 Å². The molecule has 11 heavy (non-hydrogen) atoms. The van der Waals surface area contributed by atoms with Crippen LogP contribution >= 0.6 is 0 Å². The van der Waals surface area contributed by atoms with Crippen LogP contribution in [0.15, 0.2) is 20.2 Å². The van der Waals surface area contributed by atoms with E-state index in [1.807, 2.05) is 0 Å². The number of rotatable bonds is 0. The van der Waals surface area contributed by atoms with Crippen molar-refractivity contribution in [2.45, 2.75) is 0 Å². The van der Waals surface area contributed by atoms with Crippen LogP contribution in [0.1, 0.15) is 0 Å². The van der Waals surface area contributed by atoms with E-state index in [9.17, 15) is 9.59 Å². The van der Waals surface area contributed by atoms with E-state index < -0.39 is 11.3 Å². The van der Waals surface area contributed by atoms with Crippen LogP contribution in [0.25, 0.3) is 11.1 Å². The fourth-order valence-corrected chi connectivity index (χ4v) is 0.806. The molecule has 0 fully saturated rings. The van der Waals surface area contributed by atoms with Gasteiger partial charge in [0.2, 0.25) is 5.58 Å². The molecule has 2 N–H and O–H groups in total. The molecule has 6 nitrogen and oxygen atoms in total. The maximum atomic E-state index is 10.8. The lowest BCUT2D eigenvalue weighted by atomic mass is 10.5. The standard InChI is InChI=1S/C5H3N3O3/c9-4-3-2(1-6-8-4)7-5(10)11-3/h1H,(H,7,10)(H,8,9). The summed E-state index contributed by atoms with van der Waals surface area (Å²) in [6, 6.07) is 0. The van der Waals surface area contributed by atoms with Crippen LogP contribution in [0.3, 0.4) is 0 Å². The third-order valence-corrected chi connectivity index (χ3v) is 1.24. The van der Waals surface area contributed by atoms with Gasteiger partial charge < -0.3 is 4.42 Å². The maximum absolute atomic E-state index is 10.8. The van der Waals surface area contributed by atoms with Crippen LogP contribution in [0.4, 0.5) is 0 Å². The highest BCUT2D eigenvalue weighted by atomic mass is 16.4. The number of H-pyrrole nitrogens is 2. The van der Waals surface area contributed by atoms with Crippen molar-refractivity contribution >= 4 is 11.1 Å². The van der Waals surface area contributed by atoms with Gasteiger partial charge in [-0.3, -0.25) is 9.78 Å². The number of oxazole rings is 1. The highest BCUT2D eigenvalue weighted by Crippen LogP contribution is 1.97. The molecule has 0 saturated heterocycles. The van der Waals surface area contributed by atoms with Gasteiger partial charge in [0, 0.05) is 0 Å². The molecule has 2 heterocycles. The van der Waals surface area contributed by atoms with Crippen molar-refractivity contribution in [2.75, 3.05) is 0 Å². The number of fused-ring (bicyclic) bond motifs is 1. The Morgan fingerprint density at radius 1 is 1.45 bits per heavy atom. The second-order valence-electron chi connectivity index (χ2n) is 1.96. The van der Waals surface area contributed by atoms with E-state index in [1.54, 1.807) is 0 Å². The molecule has 56 valence electrons.